The summed E-state index contributed by atoms with van der Waals surface area (Å²) in [6.45, 7) is 5.60. The van der Waals surface area contributed by atoms with Crippen LogP contribution in [0, 0.1) is 12.8 Å². The monoisotopic (exact) mass is 497 g/mol. The van der Waals surface area contributed by atoms with Gasteiger partial charge < -0.3 is 14.1 Å². The number of nitrogens with zero attached hydrogens (tertiary/aromatic N) is 3. The van der Waals surface area contributed by atoms with Crippen molar-refractivity contribution in [2.24, 2.45) is 5.92 Å². The van der Waals surface area contributed by atoms with Crippen LogP contribution in [0.3, 0.4) is 0 Å². The predicted molar refractivity (Wildman–Crippen MR) is 129 cm³/mol. The minimum atomic E-state index is -0.685. The highest BCUT2D eigenvalue weighted by atomic mass is 35.5. The lowest BCUT2D eigenvalue weighted by atomic mass is 9.89. The van der Waals surface area contributed by atoms with Crippen LogP contribution in [-0.4, -0.2) is 27.1 Å². The van der Waals surface area contributed by atoms with Gasteiger partial charge in [0.25, 0.3) is 5.91 Å². The van der Waals surface area contributed by atoms with Crippen LogP contribution in [0.1, 0.15) is 60.4 Å². The van der Waals surface area contributed by atoms with Gasteiger partial charge in [-0.05, 0) is 54.2 Å². The van der Waals surface area contributed by atoms with E-state index in [1.807, 2.05) is 53.4 Å². The number of rotatable bonds is 7. The van der Waals surface area contributed by atoms with E-state index in [9.17, 15) is 4.79 Å². The molecule has 1 saturated heterocycles. The van der Waals surface area contributed by atoms with Crippen molar-refractivity contribution < 1.29 is 13.9 Å². The van der Waals surface area contributed by atoms with Gasteiger partial charge >= 0.3 is 0 Å². The maximum absolute atomic E-state index is 14.0. The lowest BCUT2D eigenvalue weighted by Gasteiger charge is -2.47. The van der Waals surface area contributed by atoms with Gasteiger partial charge in [0.1, 0.15) is 18.2 Å². The Morgan fingerprint density at radius 2 is 1.88 bits per heavy atom. The predicted octanol–water partition coefficient (Wildman–Crippen LogP) is 6.42. The lowest BCUT2D eigenvalue weighted by molar-refractivity contribution is -0.181. The lowest BCUT2D eigenvalue weighted by Crippen LogP contribution is -2.52. The average molecular weight is 498 g/mol. The molecule has 2 aliphatic rings. The maximum Gasteiger partial charge on any atom is 0.253 e. The number of benzene rings is 2. The zero-order valence-electron chi connectivity index (χ0n) is 18.7. The second-order valence-corrected chi connectivity index (χ2v) is 9.68. The summed E-state index contributed by atoms with van der Waals surface area (Å²) in [7, 11) is 0. The summed E-state index contributed by atoms with van der Waals surface area (Å²) in [5, 5.41) is 9.60. The van der Waals surface area contributed by atoms with E-state index in [-0.39, 0.29) is 17.9 Å². The van der Waals surface area contributed by atoms with Gasteiger partial charge in [-0.3, -0.25) is 4.79 Å². The van der Waals surface area contributed by atoms with Crippen molar-refractivity contribution in [1.29, 1.82) is 0 Å². The first kappa shape index (κ1) is 23.1. The van der Waals surface area contributed by atoms with E-state index in [2.05, 4.69) is 16.8 Å². The van der Waals surface area contributed by atoms with E-state index in [0.717, 1.165) is 24.0 Å². The Balaban J connectivity index is 1.69. The first-order chi connectivity index (χ1) is 16.5. The molecule has 1 aromatic heterocycles. The summed E-state index contributed by atoms with van der Waals surface area (Å²) in [5.41, 5.74) is 1.79. The van der Waals surface area contributed by atoms with E-state index in [0.29, 0.717) is 28.2 Å². The number of morpholine rings is 1. The van der Waals surface area contributed by atoms with Crippen LogP contribution in [0.15, 0.2) is 65.6 Å². The number of carbonyl (C=O) groups is 1. The zero-order chi connectivity index (χ0) is 23.8. The quantitative estimate of drug-likeness (QED) is 0.352. The van der Waals surface area contributed by atoms with Crippen LogP contribution in [0.5, 0.6) is 0 Å². The van der Waals surface area contributed by atoms with E-state index < -0.39 is 18.2 Å². The summed E-state index contributed by atoms with van der Waals surface area (Å²) in [5.74, 6) is 1.04. The van der Waals surface area contributed by atoms with Gasteiger partial charge in [0.2, 0.25) is 11.8 Å². The largest absolute Gasteiger partial charge is 0.423 e. The smallest absolute Gasteiger partial charge is 0.253 e. The van der Waals surface area contributed by atoms with Crippen molar-refractivity contribution in [3.63, 3.8) is 0 Å². The third kappa shape index (κ3) is 4.50. The third-order valence-corrected chi connectivity index (χ3v) is 6.85. The molecule has 1 amide bonds. The number of hydrogen-bond acceptors (Lipinski definition) is 5. The third-order valence-electron chi connectivity index (χ3n) is 6.36. The molecule has 2 heterocycles. The van der Waals surface area contributed by atoms with Crippen LogP contribution in [0.2, 0.25) is 10.0 Å². The first-order valence-electron chi connectivity index (χ1n) is 11.4. The molecule has 0 radical (unpaired) electrons. The van der Waals surface area contributed by atoms with Crippen LogP contribution in [0.4, 0.5) is 0 Å². The fourth-order valence-corrected chi connectivity index (χ4v) is 5.03. The Morgan fingerprint density at radius 1 is 1.12 bits per heavy atom. The number of aromatic nitrogens is 2. The van der Waals surface area contributed by atoms with Crippen molar-refractivity contribution in [2.45, 2.75) is 50.5 Å². The van der Waals surface area contributed by atoms with Crippen LogP contribution < -0.4 is 0 Å². The van der Waals surface area contributed by atoms with Crippen molar-refractivity contribution >= 4 is 29.1 Å². The molecule has 2 fully saturated rings. The first-order valence-corrected chi connectivity index (χ1v) is 12.1. The van der Waals surface area contributed by atoms with Gasteiger partial charge in [-0.25, -0.2) is 0 Å². The number of halogens is 2. The molecule has 0 spiro atoms. The highest BCUT2D eigenvalue weighted by molar-refractivity contribution is 6.30. The molecule has 8 heteroatoms. The molecule has 2 aromatic carbocycles. The highest BCUT2D eigenvalue weighted by Gasteiger charge is 2.52. The Hall–Kier alpha value is -2.67. The van der Waals surface area contributed by atoms with Crippen LogP contribution >= 0.6 is 23.2 Å². The number of carbonyl (C=O) groups excluding carboxylic acids is 1. The van der Waals surface area contributed by atoms with E-state index in [1.54, 1.807) is 13.0 Å². The minimum absolute atomic E-state index is 0.120. The molecule has 4 atom stereocenters. The highest BCUT2D eigenvalue weighted by Crippen LogP contribution is 2.52. The number of hydrogen-bond donors (Lipinski definition) is 0. The molecule has 5 rings (SSSR count). The SMILES string of the molecule is C=CCC1OC(c2cccc(Cl)c2)C(c2ccc(Cl)cc2)N(C(c2nnc(C)o2)C2CC2)C1=O. The van der Waals surface area contributed by atoms with E-state index >= 15 is 0 Å². The molecule has 3 aromatic rings. The second kappa shape index (κ2) is 9.53. The molecule has 34 heavy (non-hydrogen) atoms. The molecule has 1 aliphatic carbocycles. The number of amides is 1. The molecular formula is C26H25Cl2N3O3. The van der Waals surface area contributed by atoms with E-state index in [1.165, 1.54) is 0 Å². The second-order valence-electron chi connectivity index (χ2n) is 8.81. The normalized spacial score (nSPS) is 23.7. The van der Waals surface area contributed by atoms with Gasteiger partial charge in [-0.15, -0.1) is 16.8 Å². The Bertz CT molecular complexity index is 1190. The van der Waals surface area contributed by atoms with Crippen molar-refractivity contribution in [1.82, 2.24) is 15.1 Å². The fraction of sp³-hybridized carbons (Fsp3) is 0.346. The molecule has 0 N–H and O–H groups in total. The summed E-state index contributed by atoms with van der Waals surface area (Å²) in [6, 6.07) is 14.3. The number of aryl methyl sites for hydroxylation is 1. The van der Waals surface area contributed by atoms with Crippen molar-refractivity contribution in [2.75, 3.05) is 0 Å². The van der Waals surface area contributed by atoms with Crippen molar-refractivity contribution in [3.05, 3.63) is 94.1 Å². The molecule has 1 saturated carbocycles. The maximum atomic E-state index is 14.0. The minimum Gasteiger partial charge on any atom is -0.423 e. The molecule has 1 aliphatic heterocycles. The Labute approximate surface area is 208 Å². The van der Waals surface area contributed by atoms with Gasteiger partial charge in [0.05, 0.1) is 6.04 Å². The Kier molecular flexibility index (Phi) is 6.47. The summed E-state index contributed by atoms with van der Waals surface area (Å²) in [4.78, 5) is 15.9. The topological polar surface area (TPSA) is 68.5 Å². The van der Waals surface area contributed by atoms with Gasteiger partial charge in [0.15, 0.2) is 0 Å². The Morgan fingerprint density at radius 3 is 2.50 bits per heavy atom. The zero-order valence-corrected chi connectivity index (χ0v) is 20.2. The molecule has 4 unspecified atom stereocenters. The summed E-state index contributed by atoms with van der Waals surface area (Å²) >= 11 is 12.6. The van der Waals surface area contributed by atoms with Crippen LogP contribution in [-0.2, 0) is 9.53 Å². The molecule has 0 bridgehead atoms. The van der Waals surface area contributed by atoms with Gasteiger partial charge in [-0.2, -0.15) is 0 Å². The van der Waals surface area contributed by atoms with Crippen LogP contribution in [0.25, 0.3) is 0 Å². The fourth-order valence-electron chi connectivity index (χ4n) is 4.71. The standard InChI is InChI=1S/C26H25Cl2N3O3/c1-3-5-21-26(32)31(23(17-8-9-17)25-30-29-15(2)33-25)22(16-10-12-19(27)13-11-16)24(34-21)18-6-4-7-20(28)14-18/h3-4,6-7,10-14,17,21-24H,1,5,8-9H2,2H3. The molecular weight excluding hydrogens is 473 g/mol. The summed E-state index contributed by atoms with van der Waals surface area (Å²) < 4.78 is 12.4. The van der Waals surface area contributed by atoms with Gasteiger partial charge in [0, 0.05) is 23.4 Å². The molecule has 6 nitrogen and oxygen atoms in total. The molecule has 176 valence electrons. The number of ether oxygens (including phenoxy) is 1. The van der Waals surface area contributed by atoms with Crippen molar-refractivity contribution in [3.8, 4) is 0 Å². The average Bonchev–Trinajstić information content (AvgIpc) is 3.57. The van der Waals surface area contributed by atoms with E-state index in [4.69, 9.17) is 32.4 Å². The summed E-state index contributed by atoms with van der Waals surface area (Å²) in [6.07, 6.45) is 2.92. The van der Waals surface area contributed by atoms with Gasteiger partial charge in [-0.1, -0.05) is 53.5 Å².